The van der Waals surface area contributed by atoms with Crippen LogP contribution in [0.4, 0.5) is 4.39 Å². The predicted molar refractivity (Wildman–Crippen MR) is 70.9 cm³/mol. The molecule has 0 aromatic heterocycles. The van der Waals surface area contributed by atoms with E-state index in [1.165, 1.54) is 12.1 Å². The third-order valence-corrected chi connectivity index (χ3v) is 2.87. The Labute approximate surface area is 110 Å². The SMILES string of the molecule is O=Cc1cccc(C(=O)CCc2cccc(F)c2)c1. The average molecular weight is 256 g/mol. The van der Waals surface area contributed by atoms with Gasteiger partial charge in [0.1, 0.15) is 12.1 Å². The fourth-order valence-corrected chi connectivity index (χ4v) is 1.88. The number of hydrogen-bond acceptors (Lipinski definition) is 2. The smallest absolute Gasteiger partial charge is 0.163 e. The molecule has 0 fully saturated rings. The lowest BCUT2D eigenvalue weighted by molar-refractivity contribution is 0.0983. The Bertz CT molecular complexity index is 605. The molecular formula is C16H13FO2. The minimum absolute atomic E-state index is 0.0482. The van der Waals surface area contributed by atoms with E-state index in [4.69, 9.17) is 0 Å². The summed E-state index contributed by atoms with van der Waals surface area (Å²) in [4.78, 5) is 22.6. The number of hydrogen-bond donors (Lipinski definition) is 0. The zero-order valence-electron chi connectivity index (χ0n) is 10.3. The van der Waals surface area contributed by atoms with Gasteiger partial charge in [0.15, 0.2) is 5.78 Å². The molecule has 0 radical (unpaired) electrons. The molecule has 3 heteroatoms. The van der Waals surface area contributed by atoms with Crippen molar-refractivity contribution in [3.05, 3.63) is 71.0 Å². The number of aryl methyl sites for hydroxylation is 1. The molecule has 2 rings (SSSR count). The second-order valence-corrected chi connectivity index (χ2v) is 4.30. The molecule has 0 bridgehead atoms. The van der Waals surface area contributed by atoms with E-state index in [9.17, 15) is 14.0 Å². The molecule has 0 saturated heterocycles. The van der Waals surface area contributed by atoms with Crippen molar-refractivity contribution in [3.63, 3.8) is 0 Å². The van der Waals surface area contributed by atoms with Gasteiger partial charge in [0.2, 0.25) is 0 Å². The van der Waals surface area contributed by atoms with Crippen LogP contribution in [0, 0.1) is 5.82 Å². The maximum Gasteiger partial charge on any atom is 0.163 e. The van der Waals surface area contributed by atoms with Gasteiger partial charge in [0.05, 0.1) is 0 Å². The molecule has 0 saturated carbocycles. The van der Waals surface area contributed by atoms with Gasteiger partial charge in [-0.1, -0.05) is 30.3 Å². The van der Waals surface area contributed by atoms with Crippen LogP contribution in [0.5, 0.6) is 0 Å². The van der Waals surface area contributed by atoms with Crippen molar-refractivity contribution < 1.29 is 14.0 Å². The van der Waals surface area contributed by atoms with E-state index in [1.807, 2.05) is 0 Å². The van der Waals surface area contributed by atoms with Crippen LogP contribution >= 0.6 is 0 Å². The van der Waals surface area contributed by atoms with Crippen LogP contribution < -0.4 is 0 Å². The summed E-state index contributed by atoms with van der Waals surface area (Å²) in [6.07, 6.45) is 1.50. The van der Waals surface area contributed by atoms with Crippen LogP contribution in [0.15, 0.2) is 48.5 Å². The molecule has 19 heavy (non-hydrogen) atoms. The third kappa shape index (κ3) is 3.58. The Morgan fingerprint density at radius 1 is 1.11 bits per heavy atom. The van der Waals surface area contributed by atoms with Crippen LogP contribution in [-0.2, 0) is 6.42 Å². The summed E-state index contributed by atoms with van der Waals surface area (Å²) in [5, 5.41) is 0. The standard InChI is InChI=1S/C16H13FO2/c17-15-6-2-3-12(10-15)7-8-16(19)14-5-1-4-13(9-14)11-18/h1-6,9-11H,7-8H2. The summed E-state index contributed by atoms with van der Waals surface area (Å²) in [6, 6.07) is 12.8. The lowest BCUT2D eigenvalue weighted by Gasteiger charge is -2.03. The average Bonchev–Trinajstić information content (AvgIpc) is 2.45. The number of ketones is 1. The van der Waals surface area contributed by atoms with Gasteiger partial charge >= 0.3 is 0 Å². The van der Waals surface area contributed by atoms with Gasteiger partial charge in [-0.25, -0.2) is 4.39 Å². The predicted octanol–water partition coefficient (Wildman–Crippen LogP) is 3.45. The first-order valence-corrected chi connectivity index (χ1v) is 6.02. The fraction of sp³-hybridized carbons (Fsp3) is 0.125. The van der Waals surface area contributed by atoms with Gasteiger partial charge in [0, 0.05) is 17.5 Å². The Morgan fingerprint density at radius 3 is 2.63 bits per heavy atom. The molecular weight excluding hydrogens is 243 g/mol. The largest absolute Gasteiger partial charge is 0.298 e. The summed E-state index contributed by atoms with van der Waals surface area (Å²) >= 11 is 0. The van der Waals surface area contributed by atoms with Crippen molar-refractivity contribution in [1.82, 2.24) is 0 Å². The van der Waals surface area contributed by atoms with E-state index in [-0.39, 0.29) is 11.6 Å². The Kier molecular flexibility index (Phi) is 4.18. The van der Waals surface area contributed by atoms with Gasteiger partial charge in [0.25, 0.3) is 0 Å². The molecule has 2 aromatic rings. The van der Waals surface area contributed by atoms with Crippen molar-refractivity contribution >= 4 is 12.1 Å². The lowest BCUT2D eigenvalue weighted by Crippen LogP contribution is -2.02. The molecule has 0 spiro atoms. The Balaban J connectivity index is 2.03. The minimum Gasteiger partial charge on any atom is -0.298 e. The molecule has 2 aromatic carbocycles. The van der Waals surface area contributed by atoms with Gasteiger partial charge in [-0.2, -0.15) is 0 Å². The van der Waals surface area contributed by atoms with Gasteiger partial charge in [-0.05, 0) is 30.2 Å². The van der Waals surface area contributed by atoms with Crippen molar-refractivity contribution in [1.29, 1.82) is 0 Å². The highest BCUT2D eigenvalue weighted by atomic mass is 19.1. The number of rotatable bonds is 5. The zero-order valence-corrected chi connectivity index (χ0v) is 10.3. The fourth-order valence-electron chi connectivity index (χ4n) is 1.88. The summed E-state index contributed by atoms with van der Waals surface area (Å²) < 4.78 is 13.0. The van der Waals surface area contributed by atoms with E-state index in [1.54, 1.807) is 36.4 Å². The molecule has 0 N–H and O–H groups in total. The number of carbonyl (C=O) groups is 2. The highest BCUT2D eigenvalue weighted by Gasteiger charge is 2.07. The summed E-state index contributed by atoms with van der Waals surface area (Å²) in [6.45, 7) is 0. The first-order chi connectivity index (χ1) is 9.19. The topological polar surface area (TPSA) is 34.1 Å². The third-order valence-electron chi connectivity index (χ3n) is 2.87. The zero-order chi connectivity index (χ0) is 13.7. The number of carbonyl (C=O) groups excluding carboxylic acids is 2. The number of Topliss-reactive ketones (excluding diaryl/α,β-unsaturated/α-hetero) is 1. The van der Waals surface area contributed by atoms with E-state index >= 15 is 0 Å². The maximum absolute atomic E-state index is 13.0. The highest BCUT2D eigenvalue weighted by molar-refractivity contribution is 5.97. The molecule has 0 aliphatic heterocycles. The first kappa shape index (κ1) is 13.1. The van der Waals surface area contributed by atoms with E-state index in [2.05, 4.69) is 0 Å². The summed E-state index contributed by atoms with van der Waals surface area (Å²) in [5.74, 6) is -0.346. The normalized spacial score (nSPS) is 10.2. The molecule has 0 unspecified atom stereocenters. The number of benzene rings is 2. The van der Waals surface area contributed by atoms with Crippen LogP contribution in [0.1, 0.15) is 32.7 Å². The Morgan fingerprint density at radius 2 is 1.89 bits per heavy atom. The van der Waals surface area contributed by atoms with Crippen molar-refractivity contribution in [2.45, 2.75) is 12.8 Å². The molecule has 96 valence electrons. The first-order valence-electron chi connectivity index (χ1n) is 6.02. The van der Waals surface area contributed by atoms with Crippen molar-refractivity contribution in [2.24, 2.45) is 0 Å². The van der Waals surface area contributed by atoms with E-state index in [0.29, 0.717) is 30.3 Å². The lowest BCUT2D eigenvalue weighted by atomic mass is 10.0. The van der Waals surface area contributed by atoms with E-state index < -0.39 is 0 Å². The van der Waals surface area contributed by atoms with Crippen molar-refractivity contribution in [2.75, 3.05) is 0 Å². The van der Waals surface area contributed by atoms with Crippen LogP contribution in [0.25, 0.3) is 0 Å². The quantitative estimate of drug-likeness (QED) is 0.606. The van der Waals surface area contributed by atoms with Gasteiger partial charge < -0.3 is 0 Å². The Hall–Kier alpha value is -2.29. The summed E-state index contributed by atoms with van der Waals surface area (Å²) in [7, 11) is 0. The summed E-state index contributed by atoms with van der Waals surface area (Å²) in [5.41, 5.74) is 1.79. The monoisotopic (exact) mass is 256 g/mol. The number of aldehydes is 1. The highest BCUT2D eigenvalue weighted by Crippen LogP contribution is 2.11. The molecule has 0 aliphatic rings. The van der Waals surface area contributed by atoms with Crippen molar-refractivity contribution in [3.8, 4) is 0 Å². The van der Waals surface area contributed by atoms with Crippen LogP contribution in [0.2, 0.25) is 0 Å². The second kappa shape index (κ2) is 6.05. The molecule has 2 nitrogen and oxygen atoms in total. The van der Waals surface area contributed by atoms with Gasteiger partial charge in [-0.3, -0.25) is 9.59 Å². The molecule has 0 amide bonds. The maximum atomic E-state index is 13.0. The van der Waals surface area contributed by atoms with Crippen LogP contribution in [-0.4, -0.2) is 12.1 Å². The second-order valence-electron chi connectivity index (χ2n) is 4.30. The molecule has 0 heterocycles. The minimum atomic E-state index is -0.298. The van der Waals surface area contributed by atoms with Crippen LogP contribution in [0.3, 0.4) is 0 Å². The molecule has 0 atom stereocenters. The molecule has 0 aliphatic carbocycles. The van der Waals surface area contributed by atoms with E-state index in [0.717, 1.165) is 5.56 Å². The number of halogens is 1. The van der Waals surface area contributed by atoms with Gasteiger partial charge in [-0.15, -0.1) is 0 Å².